The van der Waals surface area contributed by atoms with Crippen molar-refractivity contribution < 1.29 is 4.79 Å². The van der Waals surface area contributed by atoms with Gasteiger partial charge < -0.3 is 10.2 Å². The first kappa shape index (κ1) is 13.8. The van der Waals surface area contributed by atoms with Gasteiger partial charge in [-0.1, -0.05) is 6.07 Å². The third-order valence-electron chi connectivity index (χ3n) is 2.59. The second-order valence-electron chi connectivity index (χ2n) is 4.15. The smallest absolute Gasteiger partial charge is 0.321 e. The SMILES string of the molecule is CN(Cc1ccncc1)C(=O)Nc1cccc(I)c1. The summed E-state index contributed by atoms with van der Waals surface area (Å²) in [5, 5.41) is 2.87. The fourth-order valence-corrected chi connectivity index (χ4v) is 2.16. The van der Waals surface area contributed by atoms with Crippen molar-refractivity contribution in [1.29, 1.82) is 0 Å². The summed E-state index contributed by atoms with van der Waals surface area (Å²) in [5.41, 5.74) is 1.86. The maximum Gasteiger partial charge on any atom is 0.321 e. The molecule has 0 spiro atoms. The number of aromatic nitrogens is 1. The van der Waals surface area contributed by atoms with Crippen LogP contribution in [-0.4, -0.2) is 23.0 Å². The van der Waals surface area contributed by atoms with Crippen molar-refractivity contribution in [3.05, 3.63) is 57.9 Å². The molecule has 0 fully saturated rings. The minimum atomic E-state index is -0.126. The highest BCUT2D eigenvalue weighted by atomic mass is 127. The molecule has 0 aliphatic heterocycles. The summed E-state index contributed by atoms with van der Waals surface area (Å²) < 4.78 is 1.09. The molecule has 1 N–H and O–H groups in total. The molecule has 2 aromatic rings. The molecule has 19 heavy (non-hydrogen) atoms. The van der Waals surface area contributed by atoms with Crippen LogP contribution in [0.2, 0.25) is 0 Å². The summed E-state index contributed by atoms with van der Waals surface area (Å²) >= 11 is 2.22. The molecule has 0 aliphatic carbocycles. The lowest BCUT2D eigenvalue weighted by molar-refractivity contribution is 0.220. The predicted octanol–water partition coefficient (Wildman–Crippen LogP) is 3.35. The lowest BCUT2D eigenvalue weighted by Crippen LogP contribution is -2.30. The van der Waals surface area contributed by atoms with Gasteiger partial charge in [0.1, 0.15) is 0 Å². The fourth-order valence-electron chi connectivity index (χ4n) is 1.62. The first-order valence-corrected chi connectivity index (χ1v) is 6.89. The van der Waals surface area contributed by atoms with Crippen molar-refractivity contribution in [2.24, 2.45) is 0 Å². The van der Waals surface area contributed by atoms with Crippen LogP contribution in [-0.2, 0) is 6.54 Å². The van der Waals surface area contributed by atoms with E-state index in [9.17, 15) is 4.79 Å². The van der Waals surface area contributed by atoms with Gasteiger partial charge in [0.2, 0.25) is 0 Å². The highest BCUT2D eigenvalue weighted by molar-refractivity contribution is 14.1. The Balaban J connectivity index is 1.96. The maximum atomic E-state index is 12.0. The van der Waals surface area contributed by atoms with Crippen LogP contribution in [0, 0.1) is 3.57 Å². The van der Waals surface area contributed by atoms with E-state index in [-0.39, 0.29) is 6.03 Å². The number of pyridine rings is 1. The highest BCUT2D eigenvalue weighted by Gasteiger charge is 2.09. The van der Waals surface area contributed by atoms with Crippen LogP contribution < -0.4 is 5.32 Å². The molecule has 0 saturated heterocycles. The number of halogens is 1. The predicted molar refractivity (Wildman–Crippen MR) is 83.9 cm³/mol. The Kier molecular flexibility index (Phi) is 4.73. The van der Waals surface area contributed by atoms with E-state index >= 15 is 0 Å². The lowest BCUT2D eigenvalue weighted by Gasteiger charge is -2.18. The molecule has 2 amide bonds. The molecule has 0 saturated carbocycles. The van der Waals surface area contributed by atoms with Crippen molar-refractivity contribution in [1.82, 2.24) is 9.88 Å². The Morgan fingerprint density at radius 3 is 2.74 bits per heavy atom. The minimum Gasteiger partial charge on any atom is -0.323 e. The Bertz CT molecular complexity index is 560. The van der Waals surface area contributed by atoms with E-state index in [1.165, 1.54) is 0 Å². The molecule has 1 heterocycles. The number of benzene rings is 1. The van der Waals surface area contributed by atoms with Crippen LogP contribution in [0.3, 0.4) is 0 Å². The molecule has 0 radical (unpaired) electrons. The Labute approximate surface area is 126 Å². The number of amides is 2. The van der Waals surface area contributed by atoms with Crippen molar-refractivity contribution in [3.63, 3.8) is 0 Å². The summed E-state index contributed by atoms with van der Waals surface area (Å²) in [5.74, 6) is 0. The maximum absolute atomic E-state index is 12.0. The highest BCUT2D eigenvalue weighted by Crippen LogP contribution is 2.13. The van der Waals surface area contributed by atoms with Crippen LogP contribution in [0.15, 0.2) is 48.8 Å². The van der Waals surface area contributed by atoms with Crippen molar-refractivity contribution >= 4 is 34.3 Å². The molecule has 98 valence electrons. The monoisotopic (exact) mass is 367 g/mol. The van der Waals surface area contributed by atoms with Gasteiger partial charge in [-0.25, -0.2) is 4.79 Å². The Morgan fingerprint density at radius 1 is 1.32 bits per heavy atom. The minimum absolute atomic E-state index is 0.126. The van der Waals surface area contributed by atoms with Crippen molar-refractivity contribution in [3.8, 4) is 0 Å². The van der Waals surface area contributed by atoms with E-state index in [0.29, 0.717) is 6.54 Å². The number of carbonyl (C=O) groups is 1. The van der Waals surface area contributed by atoms with Crippen molar-refractivity contribution in [2.45, 2.75) is 6.54 Å². The second kappa shape index (κ2) is 6.51. The number of nitrogens with zero attached hydrogens (tertiary/aromatic N) is 2. The van der Waals surface area contributed by atoms with Gasteiger partial charge in [0.25, 0.3) is 0 Å². The molecule has 1 aromatic carbocycles. The molecule has 0 aliphatic rings. The molecule has 5 heteroatoms. The van der Waals surface area contributed by atoms with E-state index in [0.717, 1.165) is 14.8 Å². The zero-order valence-electron chi connectivity index (χ0n) is 10.5. The van der Waals surface area contributed by atoms with Crippen LogP contribution in [0.4, 0.5) is 10.5 Å². The molecular formula is C14H14IN3O. The number of rotatable bonds is 3. The molecular weight excluding hydrogens is 353 g/mol. The van der Waals surface area contributed by atoms with Crippen LogP contribution in [0.5, 0.6) is 0 Å². The van der Waals surface area contributed by atoms with Crippen molar-refractivity contribution in [2.75, 3.05) is 12.4 Å². The van der Waals surface area contributed by atoms with E-state index in [2.05, 4.69) is 32.9 Å². The first-order valence-electron chi connectivity index (χ1n) is 5.82. The van der Waals surface area contributed by atoms with Crippen LogP contribution in [0.25, 0.3) is 0 Å². The third-order valence-corrected chi connectivity index (χ3v) is 3.26. The number of urea groups is 1. The van der Waals surface area contributed by atoms with E-state index in [1.54, 1.807) is 24.3 Å². The Hall–Kier alpha value is -1.63. The number of hydrogen-bond donors (Lipinski definition) is 1. The molecule has 0 bridgehead atoms. The van der Waals surface area contributed by atoms with Gasteiger partial charge in [-0.15, -0.1) is 0 Å². The van der Waals surface area contributed by atoms with E-state index < -0.39 is 0 Å². The quantitative estimate of drug-likeness (QED) is 0.846. The van der Waals surface area contributed by atoms with Gasteiger partial charge in [-0.3, -0.25) is 4.98 Å². The normalized spacial score (nSPS) is 10.0. The molecule has 4 nitrogen and oxygen atoms in total. The van der Waals surface area contributed by atoms with Gasteiger partial charge in [0, 0.05) is 35.2 Å². The summed E-state index contributed by atoms with van der Waals surface area (Å²) in [7, 11) is 1.77. The molecule has 0 atom stereocenters. The molecule has 2 rings (SSSR count). The van der Waals surface area contributed by atoms with Gasteiger partial charge >= 0.3 is 6.03 Å². The molecule has 0 unspecified atom stereocenters. The summed E-state index contributed by atoms with van der Waals surface area (Å²) in [4.78, 5) is 17.6. The topological polar surface area (TPSA) is 45.2 Å². The van der Waals surface area contributed by atoms with Crippen LogP contribution >= 0.6 is 22.6 Å². The van der Waals surface area contributed by atoms with Gasteiger partial charge in [-0.05, 0) is 58.5 Å². The van der Waals surface area contributed by atoms with Gasteiger partial charge in [-0.2, -0.15) is 0 Å². The zero-order chi connectivity index (χ0) is 13.7. The second-order valence-corrected chi connectivity index (χ2v) is 5.40. The standard InChI is InChI=1S/C14H14IN3O/c1-18(10-11-5-7-16-8-6-11)14(19)17-13-4-2-3-12(15)9-13/h2-9H,10H2,1H3,(H,17,19). The molecule has 1 aromatic heterocycles. The lowest BCUT2D eigenvalue weighted by atomic mass is 10.2. The largest absolute Gasteiger partial charge is 0.323 e. The van der Waals surface area contributed by atoms with Gasteiger partial charge in [0.05, 0.1) is 0 Å². The zero-order valence-corrected chi connectivity index (χ0v) is 12.7. The Morgan fingerprint density at radius 2 is 2.05 bits per heavy atom. The summed E-state index contributed by atoms with van der Waals surface area (Å²) in [6.07, 6.45) is 3.45. The average Bonchev–Trinajstić information content (AvgIpc) is 2.40. The first-order chi connectivity index (χ1) is 9.15. The summed E-state index contributed by atoms with van der Waals surface area (Å²) in [6, 6.07) is 11.4. The van der Waals surface area contributed by atoms with E-state index in [4.69, 9.17) is 0 Å². The van der Waals surface area contributed by atoms with Gasteiger partial charge in [0.15, 0.2) is 0 Å². The van der Waals surface area contributed by atoms with E-state index in [1.807, 2.05) is 36.4 Å². The van der Waals surface area contributed by atoms with Crippen LogP contribution in [0.1, 0.15) is 5.56 Å². The number of nitrogens with one attached hydrogen (secondary N) is 1. The average molecular weight is 367 g/mol. The summed E-state index contributed by atoms with van der Waals surface area (Å²) in [6.45, 7) is 0.554. The number of hydrogen-bond acceptors (Lipinski definition) is 2. The number of anilines is 1. The third kappa shape index (κ3) is 4.20. The fraction of sp³-hybridized carbons (Fsp3) is 0.143. The number of carbonyl (C=O) groups excluding carboxylic acids is 1.